The van der Waals surface area contributed by atoms with E-state index in [2.05, 4.69) is 0 Å². The highest BCUT2D eigenvalue weighted by Crippen LogP contribution is 2.31. The zero-order chi connectivity index (χ0) is 13.9. The summed E-state index contributed by atoms with van der Waals surface area (Å²) in [6.45, 7) is 2.13. The molecular formula is C16H14O4. The Morgan fingerprint density at radius 2 is 1.80 bits per heavy atom. The average Bonchev–Trinajstić information content (AvgIpc) is 2.49. The van der Waals surface area contributed by atoms with Gasteiger partial charge in [0.1, 0.15) is 12.4 Å². The summed E-state index contributed by atoms with van der Waals surface area (Å²) in [6, 6.07) is 14.5. The maximum atomic E-state index is 12.0. The Morgan fingerprint density at radius 3 is 2.55 bits per heavy atom. The lowest BCUT2D eigenvalue weighted by Crippen LogP contribution is -2.39. The number of hydrogen-bond acceptors (Lipinski definition) is 4. The molecule has 1 aliphatic heterocycles. The van der Waals surface area contributed by atoms with Crippen LogP contribution in [-0.4, -0.2) is 18.7 Å². The first-order valence-corrected chi connectivity index (χ1v) is 6.39. The van der Waals surface area contributed by atoms with Crippen molar-refractivity contribution >= 4 is 5.97 Å². The molecular weight excluding hydrogens is 256 g/mol. The summed E-state index contributed by atoms with van der Waals surface area (Å²) in [5.74, 6) is 1.25. The summed E-state index contributed by atoms with van der Waals surface area (Å²) in [7, 11) is 0. The van der Waals surface area contributed by atoms with Crippen molar-refractivity contribution in [3.8, 4) is 17.2 Å². The molecule has 102 valence electrons. The molecule has 0 unspecified atom stereocenters. The maximum absolute atomic E-state index is 12.0. The number of para-hydroxylation sites is 2. The first-order chi connectivity index (χ1) is 9.72. The lowest BCUT2D eigenvalue weighted by Gasteiger charge is -2.24. The molecule has 0 N–H and O–H groups in total. The third-order valence-corrected chi connectivity index (χ3v) is 3.01. The molecule has 0 radical (unpaired) electrons. The normalized spacial score (nSPS) is 16.6. The molecule has 0 saturated heterocycles. The Labute approximate surface area is 116 Å². The fourth-order valence-electron chi connectivity index (χ4n) is 1.92. The van der Waals surface area contributed by atoms with Gasteiger partial charge >= 0.3 is 5.97 Å². The summed E-state index contributed by atoms with van der Waals surface area (Å²) in [6.07, 6.45) is -0.744. The van der Waals surface area contributed by atoms with E-state index in [0.29, 0.717) is 17.2 Å². The second kappa shape index (κ2) is 5.25. The van der Waals surface area contributed by atoms with Crippen LogP contribution in [0.25, 0.3) is 0 Å². The van der Waals surface area contributed by atoms with Crippen LogP contribution in [0, 0.1) is 6.92 Å². The van der Waals surface area contributed by atoms with Crippen molar-refractivity contribution in [2.24, 2.45) is 0 Å². The zero-order valence-electron chi connectivity index (χ0n) is 11.0. The van der Waals surface area contributed by atoms with E-state index < -0.39 is 12.1 Å². The molecule has 2 aromatic rings. The fourth-order valence-corrected chi connectivity index (χ4v) is 1.92. The minimum atomic E-state index is -0.744. The highest BCUT2D eigenvalue weighted by atomic mass is 16.6. The SMILES string of the molecule is Cc1ccc(OC(=O)[C@H]2COc3ccccc3O2)cc1. The summed E-state index contributed by atoms with van der Waals surface area (Å²) < 4.78 is 16.4. The molecule has 2 aromatic carbocycles. The van der Waals surface area contributed by atoms with Gasteiger partial charge in [-0.3, -0.25) is 0 Å². The first-order valence-electron chi connectivity index (χ1n) is 6.39. The summed E-state index contributed by atoms with van der Waals surface area (Å²) in [4.78, 5) is 12.0. The topological polar surface area (TPSA) is 44.8 Å². The van der Waals surface area contributed by atoms with Gasteiger partial charge < -0.3 is 14.2 Å². The van der Waals surface area contributed by atoms with E-state index in [0.717, 1.165) is 5.56 Å². The molecule has 0 fully saturated rings. The maximum Gasteiger partial charge on any atom is 0.356 e. The van der Waals surface area contributed by atoms with Gasteiger partial charge in [0, 0.05) is 0 Å². The fraction of sp³-hybridized carbons (Fsp3) is 0.188. The summed E-state index contributed by atoms with van der Waals surface area (Å²) in [5.41, 5.74) is 1.11. The Hall–Kier alpha value is -2.49. The number of carbonyl (C=O) groups excluding carboxylic acids is 1. The third-order valence-electron chi connectivity index (χ3n) is 3.01. The van der Waals surface area contributed by atoms with E-state index in [9.17, 15) is 4.79 Å². The molecule has 4 nitrogen and oxygen atoms in total. The van der Waals surface area contributed by atoms with Crippen molar-refractivity contribution in [1.29, 1.82) is 0 Å². The number of fused-ring (bicyclic) bond motifs is 1. The van der Waals surface area contributed by atoms with Crippen LogP contribution in [0.4, 0.5) is 0 Å². The summed E-state index contributed by atoms with van der Waals surface area (Å²) in [5, 5.41) is 0. The summed E-state index contributed by atoms with van der Waals surface area (Å²) >= 11 is 0. The smallest absolute Gasteiger partial charge is 0.356 e. The number of rotatable bonds is 2. The van der Waals surface area contributed by atoms with Crippen LogP contribution < -0.4 is 14.2 Å². The highest BCUT2D eigenvalue weighted by Gasteiger charge is 2.28. The van der Waals surface area contributed by atoms with Gasteiger partial charge in [-0.1, -0.05) is 29.8 Å². The van der Waals surface area contributed by atoms with Gasteiger partial charge in [0.15, 0.2) is 11.5 Å². The third kappa shape index (κ3) is 2.59. The number of ether oxygens (including phenoxy) is 3. The van der Waals surface area contributed by atoms with Gasteiger partial charge in [-0.05, 0) is 31.2 Å². The molecule has 20 heavy (non-hydrogen) atoms. The second-order valence-corrected chi connectivity index (χ2v) is 4.60. The van der Waals surface area contributed by atoms with E-state index in [1.54, 1.807) is 24.3 Å². The van der Waals surface area contributed by atoms with Gasteiger partial charge in [-0.15, -0.1) is 0 Å². The molecule has 0 bridgehead atoms. The van der Waals surface area contributed by atoms with Crippen molar-refractivity contribution in [3.05, 3.63) is 54.1 Å². The Bertz CT molecular complexity index is 619. The van der Waals surface area contributed by atoms with Crippen molar-refractivity contribution < 1.29 is 19.0 Å². The molecule has 1 aliphatic rings. The Morgan fingerprint density at radius 1 is 1.10 bits per heavy atom. The molecule has 1 atom stereocenters. The van der Waals surface area contributed by atoms with Crippen LogP contribution in [0.3, 0.4) is 0 Å². The van der Waals surface area contributed by atoms with Crippen LogP contribution >= 0.6 is 0 Å². The second-order valence-electron chi connectivity index (χ2n) is 4.60. The zero-order valence-corrected chi connectivity index (χ0v) is 11.0. The minimum Gasteiger partial charge on any atom is -0.485 e. The van der Waals surface area contributed by atoms with Crippen LogP contribution in [-0.2, 0) is 4.79 Å². The predicted octanol–water partition coefficient (Wildman–Crippen LogP) is 2.74. The average molecular weight is 270 g/mol. The number of aryl methyl sites for hydroxylation is 1. The Kier molecular flexibility index (Phi) is 3.29. The molecule has 0 saturated carbocycles. The quantitative estimate of drug-likeness (QED) is 0.621. The predicted molar refractivity (Wildman–Crippen MR) is 73.2 cm³/mol. The van der Waals surface area contributed by atoms with E-state index in [1.807, 2.05) is 31.2 Å². The molecule has 0 spiro atoms. The van der Waals surface area contributed by atoms with Crippen molar-refractivity contribution in [2.45, 2.75) is 13.0 Å². The molecule has 0 aliphatic carbocycles. The first kappa shape index (κ1) is 12.5. The molecule has 0 amide bonds. The number of esters is 1. The van der Waals surface area contributed by atoms with Crippen LogP contribution in [0.15, 0.2) is 48.5 Å². The molecule has 3 rings (SSSR count). The monoisotopic (exact) mass is 270 g/mol. The van der Waals surface area contributed by atoms with Gasteiger partial charge in [-0.2, -0.15) is 0 Å². The van der Waals surface area contributed by atoms with Crippen LogP contribution in [0.1, 0.15) is 5.56 Å². The minimum absolute atomic E-state index is 0.154. The van der Waals surface area contributed by atoms with Crippen molar-refractivity contribution in [1.82, 2.24) is 0 Å². The standard InChI is InChI=1S/C16H14O4/c1-11-6-8-12(9-7-11)19-16(17)15-10-18-13-4-2-3-5-14(13)20-15/h2-9,15H,10H2,1H3/t15-/m1/s1. The van der Waals surface area contributed by atoms with Crippen LogP contribution in [0.2, 0.25) is 0 Å². The van der Waals surface area contributed by atoms with E-state index in [-0.39, 0.29) is 6.61 Å². The lowest BCUT2D eigenvalue weighted by atomic mass is 10.2. The lowest BCUT2D eigenvalue weighted by molar-refractivity contribution is -0.144. The number of benzene rings is 2. The van der Waals surface area contributed by atoms with E-state index in [4.69, 9.17) is 14.2 Å². The number of hydrogen-bond donors (Lipinski definition) is 0. The van der Waals surface area contributed by atoms with Crippen LogP contribution in [0.5, 0.6) is 17.2 Å². The van der Waals surface area contributed by atoms with Gasteiger partial charge in [0.25, 0.3) is 0 Å². The Balaban J connectivity index is 1.68. The van der Waals surface area contributed by atoms with Gasteiger partial charge in [0.05, 0.1) is 0 Å². The number of carbonyl (C=O) groups is 1. The van der Waals surface area contributed by atoms with Gasteiger partial charge in [-0.25, -0.2) is 4.79 Å². The molecule has 4 heteroatoms. The van der Waals surface area contributed by atoms with Gasteiger partial charge in [0.2, 0.25) is 6.10 Å². The molecule has 1 heterocycles. The highest BCUT2D eigenvalue weighted by molar-refractivity contribution is 5.78. The molecule has 0 aromatic heterocycles. The largest absolute Gasteiger partial charge is 0.485 e. The van der Waals surface area contributed by atoms with E-state index in [1.165, 1.54) is 0 Å². The van der Waals surface area contributed by atoms with Crippen molar-refractivity contribution in [3.63, 3.8) is 0 Å². The van der Waals surface area contributed by atoms with Crippen molar-refractivity contribution in [2.75, 3.05) is 6.61 Å². The van der Waals surface area contributed by atoms with E-state index >= 15 is 0 Å².